The highest BCUT2D eigenvalue weighted by Gasteiger charge is 2.16. The van der Waals surface area contributed by atoms with Gasteiger partial charge >= 0.3 is 6.03 Å². The number of aromatic nitrogens is 1. The third kappa shape index (κ3) is 4.75. The molecule has 0 atom stereocenters. The fourth-order valence-electron chi connectivity index (χ4n) is 1.58. The van der Waals surface area contributed by atoms with Gasteiger partial charge in [-0.2, -0.15) is 0 Å². The van der Waals surface area contributed by atoms with Gasteiger partial charge < -0.3 is 25.0 Å². The normalized spacial score (nSPS) is 10.7. The van der Waals surface area contributed by atoms with Gasteiger partial charge in [-0.3, -0.25) is 0 Å². The monoisotopic (exact) mass is 286 g/mol. The lowest BCUT2D eigenvalue weighted by molar-refractivity contribution is 0.0496. The molecule has 0 unspecified atom stereocenters. The van der Waals surface area contributed by atoms with Crippen LogP contribution in [0, 0.1) is 6.92 Å². The number of hydrogen-bond acceptors (Lipinski definition) is 5. The summed E-state index contributed by atoms with van der Waals surface area (Å²) < 4.78 is 11.3. The standard InChI is InChI=1S/C13H22N2O5/c1-3-5-19-7-8-20-6-4-14-13(18)15-11(16)9-10(2)12(15)17/h9,16-17H,3-8H2,1-2H3,(H,14,18). The SMILES string of the molecule is CCCOCCOCCNC(=O)n1c(O)cc(C)c1O. The summed E-state index contributed by atoms with van der Waals surface area (Å²) in [4.78, 5) is 11.7. The van der Waals surface area contributed by atoms with E-state index in [-0.39, 0.29) is 18.3 Å². The Balaban J connectivity index is 2.20. The van der Waals surface area contributed by atoms with Gasteiger partial charge in [-0.15, -0.1) is 0 Å². The predicted molar refractivity (Wildman–Crippen MR) is 73.2 cm³/mol. The van der Waals surface area contributed by atoms with Gasteiger partial charge in [0, 0.05) is 24.8 Å². The fourth-order valence-corrected chi connectivity index (χ4v) is 1.58. The van der Waals surface area contributed by atoms with E-state index in [1.165, 1.54) is 6.07 Å². The second-order valence-electron chi connectivity index (χ2n) is 4.30. The number of aryl methyl sites for hydroxylation is 1. The quantitative estimate of drug-likeness (QED) is 0.625. The van der Waals surface area contributed by atoms with Crippen LogP contribution in [0.15, 0.2) is 6.07 Å². The fraction of sp³-hybridized carbons (Fsp3) is 0.615. The van der Waals surface area contributed by atoms with E-state index in [2.05, 4.69) is 5.32 Å². The van der Waals surface area contributed by atoms with E-state index in [0.29, 0.717) is 32.0 Å². The van der Waals surface area contributed by atoms with Crippen LogP contribution in [0.25, 0.3) is 0 Å². The van der Waals surface area contributed by atoms with Crippen LogP contribution in [0.4, 0.5) is 4.79 Å². The van der Waals surface area contributed by atoms with Crippen molar-refractivity contribution in [2.45, 2.75) is 20.3 Å². The van der Waals surface area contributed by atoms with Crippen molar-refractivity contribution in [3.8, 4) is 11.8 Å². The predicted octanol–water partition coefficient (Wildman–Crippen LogP) is 1.21. The van der Waals surface area contributed by atoms with Crippen molar-refractivity contribution in [2.24, 2.45) is 0 Å². The zero-order valence-corrected chi connectivity index (χ0v) is 11.9. The minimum atomic E-state index is -0.598. The number of carbonyl (C=O) groups excluding carboxylic acids is 1. The van der Waals surface area contributed by atoms with E-state index in [0.717, 1.165) is 11.0 Å². The van der Waals surface area contributed by atoms with Gasteiger partial charge in [0.2, 0.25) is 11.8 Å². The average molecular weight is 286 g/mol. The molecular formula is C13H22N2O5. The summed E-state index contributed by atoms with van der Waals surface area (Å²) >= 11 is 0. The van der Waals surface area contributed by atoms with Gasteiger partial charge in [0.1, 0.15) is 0 Å². The summed E-state index contributed by atoms with van der Waals surface area (Å²) in [5.41, 5.74) is 0.432. The smallest absolute Gasteiger partial charge is 0.331 e. The summed E-state index contributed by atoms with van der Waals surface area (Å²) in [5.74, 6) is -0.569. The first-order chi connectivity index (χ1) is 9.57. The summed E-state index contributed by atoms with van der Waals surface area (Å²) in [6.45, 7) is 5.95. The Bertz CT molecular complexity index is 431. The molecule has 0 bridgehead atoms. The van der Waals surface area contributed by atoms with Crippen LogP contribution in [-0.4, -0.2) is 53.8 Å². The molecule has 0 aliphatic rings. The van der Waals surface area contributed by atoms with Crippen molar-refractivity contribution >= 4 is 6.03 Å². The molecule has 20 heavy (non-hydrogen) atoms. The third-order valence-corrected chi connectivity index (χ3v) is 2.59. The Labute approximate surface area is 118 Å². The molecule has 0 aliphatic heterocycles. The molecule has 0 fully saturated rings. The third-order valence-electron chi connectivity index (χ3n) is 2.59. The minimum absolute atomic E-state index is 0.270. The molecule has 1 aromatic heterocycles. The molecule has 0 saturated heterocycles. The zero-order valence-electron chi connectivity index (χ0n) is 11.9. The lowest BCUT2D eigenvalue weighted by Crippen LogP contribution is -2.31. The highest BCUT2D eigenvalue weighted by molar-refractivity contribution is 5.80. The summed E-state index contributed by atoms with van der Waals surface area (Å²) in [5, 5.41) is 21.6. The molecule has 3 N–H and O–H groups in total. The highest BCUT2D eigenvalue weighted by Crippen LogP contribution is 2.25. The topological polar surface area (TPSA) is 93.0 Å². The number of nitrogens with one attached hydrogen (secondary N) is 1. The second kappa shape index (κ2) is 8.44. The van der Waals surface area contributed by atoms with E-state index in [1.807, 2.05) is 6.92 Å². The van der Waals surface area contributed by atoms with Crippen molar-refractivity contribution in [3.63, 3.8) is 0 Å². The molecule has 1 rings (SSSR count). The van der Waals surface area contributed by atoms with Crippen LogP contribution in [-0.2, 0) is 9.47 Å². The molecule has 1 heterocycles. The van der Waals surface area contributed by atoms with Crippen molar-refractivity contribution in [2.75, 3.05) is 33.0 Å². The summed E-state index contributed by atoms with van der Waals surface area (Å²) in [6, 6.07) is 0.718. The maximum Gasteiger partial charge on any atom is 0.331 e. The van der Waals surface area contributed by atoms with Crippen molar-refractivity contribution in [1.29, 1.82) is 0 Å². The maximum absolute atomic E-state index is 11.7. The van der Waals surface area contributed by atoms with E-state index < -0.39 is 6.03 Å². The number of amides is 1. The van der Waals surface area contributed by atoms with Gasteiger partial charge in [0.05, 0.1) is 19.8 Å². The van der Waals surface area contributed by atoms with Gasteiger partial charge in [0.25, 0.3) is 0 Å². The lowest BCUT2D eigenvalue weighted by atomic mass is 10.4. The van der Waals surface area contributed by atoms with Gasteiger partial charge in [-0.1, -0.05) is 6.92 Å². The Morgan fingerprint density at radius 3 is 2.45 bits per heavy atom. The molecule has 114 valence electrons. The molecule has 1 aromatic rings. The molecule has 1 amide bonds. The van der Waals surface area contributed by atoms with E-state index in [4.69, 9.17) is 9.47 Å². The molecule has 0 aliphatic carbocycles. The van der Waals surface area contributed by atoms with Crippen LogP contribution < -0.4 is 5.32 Å². The van der Waals surface area contributed by atoms with Crippen LogP contribution in [0.3, 0.4) is 0 Å². The average Bonchev–Trinajstić information content (AvgIpc) is 2.66. The van der Waals surface area contributed by atoms with E-state index in [9.17, 15) is 15.0 Å². The molecule has 7 nitrogen and oxygen atoms in total. The highest BCUT2D eigenvalue weighted by atomic mass is 16.5. The maximum atomic E-state index is 11.7. The Kier molecular flexibility index (Phi) is 6.89. The van der Waals surface area contributed by atoms with Crippen molar-refractivity contribution < 1.29 is 24.5 Å². The van der Waals surface area contributed by atoms with Crippen molar-refractivity contribution in [1.82, 2.24) is 9.88 Å². The number of hydrogen-bond donors (Lipinski definition) is 3. The van der Waals surface area contributed by atoms with Gasteiger partial charge in [-0.05, 0) is 13.3 Å². The Morgan fingerprint density at radius 2 is 1.90 bits per heavy atom. The molecule has 0 saturated carbocycles. The Hall–Kier alpha value is -1.73. The largest absolute Gasteiger partial charge is 0.494 e. The number of carbonyl (C=O) groups is 1. The first-order valence-corrected chi connectivity index (χ1v) is 6.61. The second-order valence-corrected chi connectivity index (χ2v) is 4.30. The van der Waals surface area contributed by atoms with Crippen LogP contribution >= 0.6 is 0 Å². The summed E-state index contributed by atoms with van der Waals surface area (Å²) in [6.07, 6.45) is 0.972. The molecular weight excluding hydrogens is 264 g/mol. The van der Waals surface area contributed by atoms with E-state index >= 15 is 0 Å². The zero-order chi connectivity index (χ0) is 15.0. The lowest BCUT2D eigenvalue weighted by Gasteiger charge is -2.08. The van der Waals surface area contributed by atoms with Crippen molar-refractivity contribution in [3.05, 3.63) is 11.6 Å². The summed E-state index contributed by atoms with van der Waals surface area (Å²) in [7, 11) is 0. The number of rotatable bonds is 8. The number of aromatic hydroxyl groups is 2. The molecule has 7 heteroatoms. The first-order valence-electron chi connectivity index (χ1n) is 6.61. The molecule has 0 aromatic carbocycles. The Morgan fingerprint density at radius 1 is 1.25 bits per heavy atom. The van der Waals surface area contributed by atoms with E-state index in [1.54, 1.807) is 6.92 Å². The number of nitrogens with zero attached hydrogens (tertiary/aromatic N) is 1. The minimum Gasteiger partial charge on any atom is -0.494 e. The number of ether oxygens (including phenoxy) is 2. The molecule has 0 spiro atoms. The van der Waals surface area contributed by atoms with Gasteiger partial charge in [0.15, 0.2) is 0 Å². The van der Waals surface area contributed by atoms with Crippen LogP contribution in [0.5, 0.6) is 11.8 Å². The van der Waals surface area contributed by atoms with Gasteiger partial charge in [-0.25, -0.2) is 9.36 Å². The van der Waals surface area contributed by atoms with Crippen LogP contribution in [0.2, 0.25) is 0 Å². The first kappa shape index (κ1) is 16.3. The molecule has 0 radical (unpaired) electrons. The van der Waals surface area contributed by atoms with Crippen LogP contribution in [0.1, 0.15) is 18.9 Å².